The van der Waals surface area contributed by atoms with Crippen LogP contribution in [0, 0.1) is 5.82 Å². The van der Waals surface area contributed by atoms with Crippen molar-refractivity contribution < 1.29 is 9.13 Å². The minimum Gasteiger partial charge on any atom is -0.496 e. The van der Waals surface area contributed by atoms with Crippen LogP contribution < -0.4 is 15.4 Å². The second-order valence-corrected chi connectivity index (χ2v) is 6.46. The van der Waals surface area contributed by atoms with E-state index in [0.717, 1.165) is 5.69 Å². The molecule has 2 heterocycles. The highest BCUT2D eigenvalue weighted by molar-refractivity contribution is 5.52. The Balaban J connectivity index is 1.43. The Morgan fingerprint density at radius 3 is 2.96 bits per heavy atom. The summed E-state index contributed by atoms with van der Waals surface area (Å²) in [6.07, 6.45) is 9.00. The van der Waals surface area contributed by atoms with Gasteiger partial charge in [-0.3, -0.25) is 4.68 Å². The summed E-state index contributed by atoms with van der Waals surface area (Å²) >= 11 is 0. The third-order valence-electron chi connectivity index (χ3n) is 4.70. The third kappa shape index (κ3) is 3.84. The van der Waals surface area contributed by atoms with Crippen molar-refractivity contribution in [3.63, 3.8) is 0 Å². The Morgan fingerprint density at radius 1 is 1.30 bits per heavy atom. The van der Waals surface area contributed by atoms with E-state index in [1.165, 1.54) is 32.4 Å². The van der Waals surface area contributed by atoms with E-state index in [1.807, 2.05) is 10.9 Å². The highest BCUT2D eigenvalue weighted by Gasteiger charge is 2.20. The number of anilines is 3. The van der Waals surface area contributed by atoms with Crippen molar-refractivity contribution in [1.82, 2.24) is 19.7 Å². The molecule has 1 aliphatic rings. The first kappa shape index (κ1) is 17.3. The third-order valence-corrected chi connectivity index (χ3v) is 4.70. The molecule has 3 aromatic rings. The molecule has 0 bridgehead atoms. The fourth-order valence-electron chi connectivity index (χ4n) is 2.98. The number of rotatable bonds is 7. The predicted molar refractivity (Wildman–Crippen MR) is 101 cm³/mol. The summed E-state index contributed by atoms with van der Waals surface area (Å²) in [7, 11) is 1.52. The second kappa shape index (κ2) is 7.61. The Hall–Kier alpha value is -3.16. The van der Waals surface area contributed by atoms with Crippen LogP contribution in [0.25, 0.3) is 0 Å². The molecule has 2 N–H and O–H groups in total. The number of ether oxygens (including phenoxy) is 1. The lowest BCUT2D eigenvalue weighted by atomic mass is 9.93. The zero-order valence-electron chi connectivity index (χ0n) is 15.0. The molecule has 0 aliphatic heterocycles. The Morgan fingerprint density at radius 2 is 2.19 bits per heavy atom. The zero-order valence-corrected chi connectivity index (χ0v) is 15.0. The van der Waals surface area contributed by atoms with E-state index < -0.39 is 0 Å². The largest absolute Gasteiger partial charge is 0.496 e. The lowest BCUT2D eigenvalue weighted by Crippen LogP contribution is -2.17. The molecule has 1 aromatic carbocycles. The fourth-order valence-corrected chi connectivity index (χ4v) is 2.98. The topological polar surface area (TPSA) is 76.9 Å². The second-order valence-electron chi connectivity index (χ2n) is 6.46. The lowest BCUT2D eigenvalue weighted by Gasteiger charge is -2.25. The van der Waals surface area contributed by atoms with Crippen LogP contribution >= 0.6 is 0 Å². The lowest BCUT2D eigenvalue weighted by molar-refractivity contribution is 0.289. The smallest absolute Gasteiger partial charge is 0.229 e. The number of nitrogens with zero attached hydrogens (tertiary/aromatic N) is 4. The number of methoxy groups -OCH3 is 1. The van der Waals surface area contributed by atoms with Gasteiger partial charge in [0.1, 0.15) is 17.4 Å². The molecule has 0 unspecified atom stereocenters. The van der Waals surface area contributed by atoms with Crippen LogP contribution in [0.2, 0.25) is 0 Å². The summed E-state index contributed by atoms with van der Waals surface area (Å²) in [5.41, 5.74) is 1.30. The van der Waals surface area contributed by atoms with Gasteiger partial charge in [-0.1, -0.05) is 6.07 Å². The SMILES string of the molecule is COc1cccc(F)c1CNc1ccnc(Nc2cnn(C3CCC3)c2)n1. The standard InChI is InChI=1S/C19H21FN6O/c1-27-17-7-3-6-16(20)15(17)11-22-18-8-9-21-19(25-18)24-13-10-23-26(12-13)14-4-2-5-14/h3,6-10,12,14H,2,4-5,11H2,1H3,(H2,21,22,24,25). The Labute approximate surface area is 156 Å². The molecule has 1 saturated carbocycles. The molecule has 0 atom stereocenters. The molecule has 0 radical (unpaired) electrons. The van der Waals surface area contributed by atoms with Crippen LogP contribution in [0.15, 0.2) is 42.9 Å². The number of benzene rings is 1. The molecule has 2 aromatic heterocycles. The summed E-state index contributed by atoms with van der Waals surface area (Å²) in [4.78, 5) is 8.65. The summed E-state index contributed by atoms with van der Waals surface area (Å²) in [5.74, 6) is 1.22. The molecule has 4 rings (SSSR count). The van der Waals surface area contributed by atoms with Crippen molar-refractivity contribution in [2.75, 3.05) is 17.7 Å². The summed E-state index contributed by atoms with van der Waals surface area (Å²) in [5, 5.41) is 10.7. The van der Waals surface area contributed by atoms with Crippen molar-refractivity contribution in [1.29, 1.82) is 0 Å². The summed E-state index contributed by atoms with van der Waals surface area (Å²) in [6.45, 7) is 0.256. The average Bonchev–Trinajstić information content (AvgIpc) is 3.07. The van der Waals surface area contributed by atoms with Gasteiger partial charge in [-0.2, -0.15) is 10.1 Å². The van der Waals surface area contributed by atoms with Crippen LogP contribution in [-0.4, -0.2) is 26.9 Å². The van der Waals surface area contributed by atoms with Gasteiger partial charge in [-0.15, -0.1) is 0 Å². The van der Waals surface area contributed by atoms with Crippen LogP contribution in [0.5, 0.6) is 5.75 Å². The highest BCUT2D eigenvalue weighted by atomic mass is 19.1. The van der Waals surface area contributed by atoms with Gasteiger partial charge >= 0.3 is 0 Å². The average molecular weight is 368 g/mol. The summed E-state index contributed by atoms with van der Waals surface area (Å²) in [6, 6.07) is 6.99. The normalized spacial score (nSPS) is 13.9. The van der Waals surface area contributed by atoms with E-state index >= 15 is 0 Å². The van der Waals surface area contributed by atoms with Gasteiger partial charge in [-0.05, 0) is 37.5 Å². The first-order chi connectivity index (χ1) is 13.2. The van der Waals surface area contributed by atoms with Gasteiger partial charge in [0, 0.05) is 24.5 Å². The zero-order chi connectivity index (χ0) is 18.6. The number of aromatic nitrogens is 4. The van der Waals surface area contributed by atoms with E-state index in [2.05, 4.69) is 25.7 Å². The quantitative estimate of drug-likeness (QED) is 0.659. The number of hydrogen-bond donors (Lipinski definition) is 2. The summed E-state index contributed by atoms with van der Waals surface area (Å²) < 4.78 is 21.2. The maximum atomic E-state index is 14.0. The van der Waals surface area contributed by atoms with Crippen molar-refractivity contribution in [3.8, 4) is 5.75 Å². The Kier molecular flexibility index (Phi) is 4.86. The van der Waals surface area contributed by atoms with Gasteiger partial charge in [0.15, 0.2) is 0 Å². The van der Waals surface area contributed by atoms with Gasteiger partial charge in [-0.25, -0.2) is 9.37 Å². The monoisotopic (exact) mass is 368 g/mol. The van der Waals surface area contributed by atoms with Gasteiger partial charge in [0.05, 0.1) is 25.0 Å². The highest BCUT2D eigenvalue weighted by Crippen LogP contribution is 2.31. The molecule has 8 heteroatoms. The molecule has 27 heavy (non-hydrogen) atoms. The maximum absolute atomic E-state index is 14.0. The first-order valence-electron chi connectivity index (χ1n) is 8.92. The van der Waals surface area contributed by atoms with E-state index in [1.54, 1.807) is 30.6 Å². The van der Waals surface area contributed by atoms with Crippen LogP contribution in [-0.2, 0) is 6.54 Å². The van der Waals surface area contributed by atoms with Crippen LogP contribution in [0.3, 0.4) is 0 Å². The van der Waals surface area contributed by atoms with Crippen LogP contribution in [0.4, 0.5) is 21.8 Å². The van der Waals surface area contributed by atoms with Gasteiger partial charge in [0.25, 0.3) is 0 Å². The van der Waals surface area contributed by atoms with Crippen molar-refractivity contribution in [2.45, 2.75) is 31.8 Å². The first-order valence-corrected chi connectivity index (χ1v) is 8.92. The van der Waals surface area contributed by atoms with E-state index in [-0.39, 0.29) is 12.4 Å². The molecule has 0 saturated heterocycles. The maximum Gasteiger partial charge on any atom is 0.229 e. The van der Waals surface area contributed by atoms with E-state index in [4.69, 9.17) is 4.74 Å². The minimum atomic E-state index is -0.322. The fraction of sp³-hybridized carbons (Fsp3) is 0.316. The van der Waals surface area contributed by atoms with Gasteiger partial charge < -0.3 is 15.4 Å². The predicted octanol–water partition coefficient (Wildman–Crippen LogP) is 3.90. The molecule has 0 spiro atoms. The number of nitrogens with one attached hydrogen (secondary N) is 2. The number of hydrogen-bond acceptors (Lipinski definition) is 6. The van der Waals surface area contributed by atoms with Crippen LogP contribution in [0.1, 0.15) is 30.9 Å². The molecule has 140 valence electrons. The van der Waals surface area contributed by atoms with Gasteiger partial charge in [0.2, 0.25) is 5.95 Å². The van der Waals surface area contributed by atoms with E-state index in [9.17, 15) is 4.39 Å². The van der Waals surface area contributed by atoms with Crippen molar-refractivity contribution in [3.05, 3.63) is 54.2 Å². The molecule has 1 fully saturated rings. The van der Waals surface area contributed by atoms with Crippen molar-refractivity contribution >= 4 is 17.5 Å². The molecule has 7 nitrogen and oxygen atoms in total. The molecule has 1 aliphatic carbocycles. The molecular weight excluding hydrogens is 347 g/mol. The Bertz CT molecular complexity index is 924. The molecular formula is C19H21FN6O. The van der Waals surface area contributed by atoms with E-state index in [0.29, 0.717) is 29.1 Å². The number of halogens is 1. The van der Waals surface area contributed by atoms with Crippen molar-refractivity contribution in [2.24, 2.45) is 0 Å². The minimum absolute atomic E-state index is 0.256. The molecule has 0 amide bonds.